The number of amides is 2. The Labute approximate surface area is 140 Å². The van der Waals surface area contributed by atoms with Crippen LogP contribution in [0.2, 0.25) is 0 Å². The summed E-state index contributed by atoms with van der Waals surface area (Å²) < 4.78 is 5.68. The summed E-state index contributed by atoms with van der Waals surface area (Å²) in [6.45, 7) is 0.484. The zero-order valence-corrected chi connectivity index (χ0v) is 13.3. The molecule has 2 rings (SSSR count). The Hall–Kier alpha value is -2.86. The maximum absolute atomic E-state index is 11.8. The number of hydrogen-bond donors (Lipinski definition) is 3. The molecule has 2 aromatic carbocycles. The molecular formula is C18H21N3O3. The number of carbonyl (C=O) groups excluding carboxylic acids is 2. The fourth-order valence-electron chi connectivity index (χ4n) is 2.03. The van der Waals surface area contributed by atoms with Gasteiger partial charge in [-0.2, -0.15) is 0 Å². The SMILES string of the molecule is NC(=O)C(N)CCC(=O)Nc1ccc(OCc2ccccc2)cc1. The number of carbonyl (C=O) groups is 2. The van der Waals surface area contributed by atoms with Gasteiger partial charge in [0, 0.05) is 12.1 Å². The topological polar surface area (TPSA) is 107 Å². The summed E-state index contributed by atoms with van der Waals surface area (Å²) in [7, 11) is 0. The van der Waals surface area contributed by atoms with Crippen LogP contribution in [-0.2, 0) is 16.2 Å². The highest BCUT2D eigenvalue weighted by atomic mass is 16.5. The van der Waals surface area contributed by atoms with Crippen LogP contribution in [0.5, 0.6) is 5.75 Å². The first-order valence-electron chi connectivity index (χ1n) is 7.66. The van der Waals surface area contributed by atoms with Crippen molar-refractivity contribution < 1.29 is 14.3 Å². The van der Waals surface area contributed by atoms with Crippen LogP contribution in [-0.4, -0.2) is 17.9 Å². The average Bonchev–Trinajstić information content (AvgIpc) is 2.60. The van der Waals surface area contributed by atoms with E-state index in [0.717, 1.165) is 5.56 Å². The molecule has 0 spiro atoms. The molecule has 5 N–H and O–H groups in total. The molecule has 0 aliphatic carbocycles. The van der Waals surface area contributed by atoms with Crippen molar-refractivity contribution in [3.05, 3.63) is 60.2 Å². The number of nitrogens with one attached hydrogen (secondary N) is 1. The summed E-state index contributed by atoms with van der Waals surface area (Å²) in [5, 5.41) is 2.74. The van der Waals surface area contributed by atoms with Crippen molar-refractivity contribution in [1.29, 1.82) is 0 Å². The van der Waals surface area contributed by atoms with Gasteiger partial charge in [0.1, 0.15) is 12.4 Å². The first kappa shape index (κ1) is 17.5. The van der Waals surface area contributed by atoms with Crippen LogP contribution in [0.4, 0.5) is 5.69 Å². The molecule has 0 aromatic heterocycles. The van der Waals surface area contributed by atoms with E-state index in [0.29, 0.717) is 18.0 Å². The number of primary amides is 1. The Morgan fingerprint density at radius 1 is 1.04 bits per heavy atom. The van der Waals surface area contributed by atoms with Crippen LogP contribution in [0.1, 0.15) is 18.4 Å². The third kappa shape index (κ3) is 5.73. The molecule has 24 heavy (non-hydrogen) atoms. The third-order valence-corrected chi connectivity index (χ3v) is 3.43. The Balaban J connectivity index is 1.79. The minimum atomic E-state index is -0.801. The zero-order valence-electron chi connectivity index (χ0n) is 13.3. The van der Waals surface area contributed by atoms with Gasteiger partial charge >= 0.3 is 0 Å². The quantitative estimate of drug-likeness (QED) is 0.687. The number of benzene rings is 2. The van der Waals surface area contributed by atoms with Gasteiger partial charge in [0.25, 0.3) is 0 Å². The van der Waals surface area contributed by atoms with Crippen molar-refractivity contribution in [1.82, 2.24) is 0 Å². The number of hydrogen-bond acceptors (Lipinski definition) is 4. The lowest BCUT2D eigenvalue weighted by molar-refractivity contribution is -0.119. The second kappa shape index (κ2) is 8.69. The lowest BCUT2D eigenvalue weighted by atomic mass is 10.1. The van der Waals surface area contributed by atoms with Crippen LogP contribution in [0, 0.1) is 0 Å². The van der Waals surface area contributed by atoms with E-state index < -0.39 is 11.9 Å². The van der Waals surface area contributed by atoms with Crippen LogP contribution < -0.4 is 21.5 Å². The summed E-state index contributed by atoms with van der Waals surface area (Å²) in [6, 6.07) is 16.1. The lowest BCUT2D eigenvalue weighted by Crippen LogP contribution is -2.37. The van der Waals surface area contributed by atoms with E-state index in [2.05, 4.69) is 5.32 Å². The first-order chi connectivity index (χ1) is 11.5. The van der Waals surface area contributed by atoms with E-state index in [1.165, 1.54) is 0 Å². The van der Waals surface area contributed by atoms with Gasteiger partial charge in [-0.3, -0.25) is 9.59 Å². The van der Waals surface area contributed by atoms with Crippen molar-refractivity contribution in [3.63, 3.8) is 0 Å². The monoisotopic (exact) mass is 327 g/mol. The maximum atomic E-state index is 11.8. The first-order valence-corrected chi connectivity index (χ1v) is 7.66. The summed E-state index contributed by atoms with van der Waals surface area (Å²) in [5.74, 6) is -0.111. The van der Waals surface area contributed by atoms with Gasteiger partial charge in [-0.1, -0.05) is 30.3 Å². The highest BCUT2D eigenvalue weighted by molar-refractivity contribution is 5.91. The molecule has 6 nitrogen and oxygen atoms in total. The van der Waals surface area contributed by atoms with Crippen LogP contribution in [0.25, 0.3) is 0 Å². The van der Waals surface area contributed by atoms with Gasteiger partial charge in [-0.05, 0) is 36.2 Å². The maximum Gasteiger partial charge on any atom is 0.234 e. The highest BCUT2D eigenvalue weighted by Crippen LogP contribution is 2.17. The molecule has 1 unspecified atom stereocenters. The fraction of sp³-hybridized carbons (Fsp3) is 0.222. The molecule has 6 heteroatoms. The van der Waals surface area contributed by atoms with Gasteiger partial charge in [0.15, 0.2) is 0 Å². The Kier molecular flexibility index (Phi) is 6.33. The van der Waals surface area contributed by atoms with E-state index in [1.54, 1.807) is 24.3 Å². The second-order valence-electron chi connectivity index (χ2n) is 5.39. The minimum absolute atomic E-state index is 0.135. The summed E-state index contributed by atoms with van der Waals surface area (Å²) in [6.07, 6.45) is 0.357. The number of rotatable bonds is 8. The molecular weight excluding hydrogens is 306 g/mol. The highest BCUT2D eigenvalue weighted by Gasteiger charge is 2.11. The molecule has 126 valence electrons. The predicted octanol–water partition coefficient (Wildman–Crippen LogP) is 1.80. The minimum Gasteiger partial charge on any atom is -0.489 e. The molecule has 0 saturated carbocycles. The Morgan fingerprint density at radius 2 is 1.71 bits per heavy atom. The largest absolute Gasteiger partial charge is 0.489 e. The van der Waals surface area contributed by atoms with Crippen molar-refractivity contribution in [2.45, 2.75) is 25.5 Å². The number of anilines is 1. The zero-order chi connectivity index (χ0) is 17.4. The molecule has 2 amide bonds. The van der Waals surface area contributed by atoms with Crippen molar-refractivity contribution >= 4 is 17.5 Å². The normalized spacial score (nSPS) is 11.5. The van der Waals surface area contributed by atoms with Gasteiger partial charge in [0.2, 0.25) is 11.8 Å². The standard InChI is InChI=1S/C18H21N3O3/c19-16(18(20)23)10-11-17(22)21-14-6-8-15(9-7-14)24-12-13-4-2-1-3-5-13/h1-9,16H,10-12,19H2,(H2,20,23)(H,21,22). The molecule has 0 fully saturated rings. The van der Waals surface area contributed by atoms with E-state index in [-0.39, 0.29) is 18.7 Å². The summed E-state index contributed by atoms with van der Waals surface area (Å²) >= 11 is 0. The second-order valence-corrected chi connectivity index (χ2v) is 5.39. The smallest absolute Gasteiger partial charge is 0.234 e. The van der Waals surface area contributed by atoms with E-state index in [1.807, 2.05) is 30.3 Å². The summed E-state index contributed by atoms with van der Waals surface area (Å²) in [4.78, 5) is 22.6. The molecule has 1 atom stereocenters. The molecule has 0 aliphatic rings. The van der Waals surface area contributed by atoms with Crippen molar-refractivity contribution in [3.8, 4) is 5.75 Å². The van der Waals surface area contributed by atoms with Crippen LogP contribution in [0.15, 0.2) is 54.6 Å². The van der Waals surface area contributed by atoms with Gasteiger partial charge in [-0.25, -0.2) is 0 Å². The Morgan fingerprint density at radius 3 is 2.33 bits per heavy atom. The predicted molar refractivity (Wildman–Crippen MR) is 92.2 cm³/mol. The summed E-state index contributed by atoms with van der Waals surface area (Å²) in [5.41, 5.74) is 12.3. The fourth-order valence-corrected chi connectivity index (χ4v) is 2.03. The van der Waals surface area contributed by atoms with E-state index >= 15 is 0 Å². The molecule has 0 bridgehead atoms. The molecule has 2 aromatic rings. The van der Waals surface area contributed by atoms with Crippen molar-refractivity contribution in [2.75, 3.05) is 5.32 Å². The third-order valence-electron chi connectivity index (χ3n) is 3.43. The Bertz CT molecular complexity index is 672. The van der Waals surface area contributed by atoms with Crippen molar-refractivity contribution in [2.24, 2.45) is 11.5 Å². The number of ether oxygens (including phenoxy) is 1. The van der Waals surface area contributed by atoms with Crippen LogP contribution >= 0.6 is 0 Å². The van der Waals surface area contributed by atoms with Gasteiger partial charge < -0.3 is 21.5 Å². The number of nitrogens with two attached hydrogens (primary N) is 2. The molecule has 0 aliphatic heterocycles. The molecule has 0 radical (unpaired) electrons. The molecule has 0 heterocycles. The van der Waals surface area contributed by atoms with E-state index in [9.17, 15) is 9.59 Å². The average molecular weight is 327 g/mol. The van der Waals surface area contributed by atoms with Gasteiger partial charge in [0.05, 0.1) is 6.04 Å². The van der Waals surface area contributed by atoms with Crippen LogP contribution in [0.3, 0.4) is 0 Å². The van der Waals surface area contributed by atoms with Gasteiger partial charge in [-0.15, -0.1) is 0 Å². The lowest BCUT2D eigenvalue weighted by Gasteiger charge is -2.09. The van der Waals surface area contributed by atoms with E-state index in [4.69, 9.17) is 16.2 Å². The molecule has 0 saturated heterocycles.